The molecule has 0 heterocycles. The Morgan fingerprint density at radius 1 is 1.41 bits per heavy atom. The average Bonchev–Trinajstić information content (AvgIpc) is 2.24. The summed E-state index contributed by atoms with van der Waals surface area (Å²) in [5.74, 6) is -1.40. The molecule has 0 rings (SSSR count). The van der Waals surface area contributed by atoms with Gasteiger partial charge in [-0.05, 0) is 12.3 Å². The monoisotopic (exact) mass is 260 g/mol. The number of esters is 1. The summed E-state index contributed by atoms with van der Waals surface area (Å²) >= 11 is 4.81. The number of nitrogens with two attached hydrogens (primary N) is 1. The third-order valence-corrected chi connectivity index (χ3v) is 2.77. The Bertz CT molecular complexity index is 305. The van der Waals surface area contributed by atoms with Crippen molar-refractivity contribution in [1.29, 1.82) is 0 Å². The smallest absolute Gasteiger partial charge is 0.328 e. The highest BCUT2D eigenvalue weighted by Gasteiger charge is 2.28. The molecule has 17 heavy (non-hydrogen) atoms. The summed E-state index contributed by atoms with van der Waals surface area (Å²) < 4.78 is 4.63. The van der Waals surface area contributed by atoms with Crippen LogP contribution in [-0.2, 0) is 14.3 Å². The first-order chi connectivity index (χ1) is 7.84. The molecule has 6 heteroatoms. The molecule has 0 aliphatic rings. The van der Waals surface area contributed by atoms with Gasteiger partial charge in [0.2, 0.25) is 5.91 Å². The number of amides is 1. The Kier molecular flexibility index (Phi) is 6.72. The van der Waals surface area contributed by atoms with Gasteiger partial charge in [-0.1, -0.05) is 33.0 Å². The van der Waals surface area contributed by atoms with Gasteiger partial charge in [0.05, 0.1) is 18.0 Å². The minimum absolute atomic E-state index is 0.0600. The Balaban J connectivity index is 4.71. The van der Waals surface area contributed by atoms with Crippen LogP contribution in [-0.4, -0.2) is 30.0 Å². The third kappa shape index (κ3) is 4.68. The van der Waals surface area contributed by atoms with E-state index in [0.29, 0.717) is 6.42 Å². The fourth-order valence-electron chi connectivity index (χ4n) is 1.39. The van der Waals surface area contributed by atoms with Crippen molar-refractivity contribution in [1.82, 2.24) is 5.32 Å². The highest BCUT2D eigenvalue weighted by Crippen LogP contribution is 2.08. The van der Waals surface area contributed by atoms with Gasteiger partial charge in [-0.15, -0.1) is 0 Å². The van der Waals surface area contributed by atoms with Crippen LogP contribution < -0.4 is 11.1 Å². The lowest BCUT2D eigenvalue weighted by atomic mass is 10.0. The quantitative estimate of drug-likeness (QED) is 0.540. The summed E-state index contributed by atoms with van der Waals surface area (Å²) in [5.41, 5.74) is 5.46. The standard InChI is InChI=1S/C11H20N2O3S/c1-5-7(9(12)17)10(14)13-8(6(2)3)11(15)16-4/h6-8H,5H2,1-4H3,(H2,12,17)(H,13,14). The highest BCUT2D eigenvalue weighted by atomic mass is 32.1. The van der Waals surface area contributed by atoms with E-state index in [4.69, 9.17) is 18.0 Å². The summed E-state index contributed by atoms with van der Waals surface area (Å²) in [5, 5.41) is 2.62. The minimum Gasteiger partial charge on any atom is -0.467 e. The maximum Gasteiger partial charge on any atom is 0.328 e. The van der Waals surface area contributed by atoms with Gasteiger partial charge < -0.3 is 15.8 Å². The van der Waals surface area contributed by atoms with Crippen molar-refractivity contribution >= 4 is 29.1 Å². The van der Waals surface area contributed by atoms with Gasteiger partial charge >= 0.3 is 5.97 Å². The number of hydrogen-bond acceptors (Lipinski definition) is 4. The van der Waals surface area contributed by atoms with Crippen molar-refractivity contribution in [3.63, 3.8) is 0 Å². The molecule has 1 amide bonds. The van der Waals surface area contributed by atoms with E-state index < -0.39 is 17.9 Å². The van der Waals surface area contributed by atoms with E-state index in [0.717, 1.165) is 0 Å². The van der Waals surface area contributed by atoms with Crippen LogP contribution in [0.15, 0.2) is 0 Å². The van der Waals surface area contributed by atoms with Gasteiger partial charge in [0, 0.05) is 0 Å². The van der Waals surface area contributed by atoms with Gasteiger partial charge in [-0.25, -0.2) is 4.79 Å². The Hall–Kier alpha value is -1.17. The molecule has 2 atom stereocenters. The number of hydrogen-bond donors (Lipinski definition) is 2. The molecule has 98 valence electrons. The van der Waals surface area contributed by atoms with Gasteiger partial charge in [0.15, 0.2) is 0 Å². The van der Waals surface area contributed by atoms with Crippen molar-refractivity contribution in [3.8, 4) is 0 Å². The van der Waals surface area contributed by atoms with Crippen LogP contribution in [0.4, 0.5) is 0 Å². The third-order valence-electron chi connectivity index (χ3n) is 2.49. The lowest BCUT2D eigenvalue weighted by molar-refractivity contribution is -0.146. The lowest BCUT2D eigenvalue weighted by Gasteiger charge is -2.22. The number of ether oxygens (including phenoxy) is 1. The number of carbonyl (C=O) groups excluding carboxylic acids is 2. The molecule has 2 unspecified atom stereocenters. The van der Waals surface area contributed by atoms with Crippen LogP contribution in [0.25, 0.3) is 0 Å². The van der Waals surface area contributed by atoms with Crippen molar-refractivity contribution in [2.75, 3.05) is 7.11 Å². The van der Waals surface area contributed by atoms with E-state index in [1.54, 1.807) is 0 Å². The summed E-state index contributed by atoms with van der Waals surface area (Å²) in [6.07, 6.45) is 0.507. The van der Waals surface area contributed by atoms with E-state index in [9.17, 15) is 9.59 Å². The maximum atomic E-state index is 11.9. The SMILES string of the molecule is CCC(C(=O)NC(C(=O)OC)C(C)C)C(N)=S. The van der Waals surface area contributed by atoms with Crippen LogP contribution in [0.1, 0.15) is 27.2 Å². The second kappa shape index (κ2) is 7.21. The zero-order chi connectivity index (χ0) is 13.6. The predicted octanol–water partition coefficient (Wildman–Crippen LogP) is 0.612. The summed E-state index contributed by atoms with van der Waals surface area (Å²) in [7, 11) is 1.29. The molecule has 0 saturated carbocycles. The number of rotatable bonds is 6. The van der Waals surface area contributed by atoms with E-state index >= 15 is 0 Å². The summed E-state index contributed by atoms with van der Waals surface area (Å²) in [6.45, 7) is 5.46. The number of thiocarbonyl (C=S) groups is 1. The average molecular weight is 260 g/mol. The van der Waals surface area contributed by atoms with Crippen molar-refractivity contribution in [2.45, 2.75) is 33.2 Å². The Labute approximate surface area is 107 Å². The largest absolute Gasteiger partial charge is 0.467 e. The van der Waals surface area contributed by atoms with Crippen LogP contribution in [0, 0.1) is 11.8 Å². The molecule has 0 aromatic carbocycles. The van der Waals surface area contributed by atoms with E-state index in [1.165, 1.54) is 7.11 Å². The number of carbonyl (C=O) groups is 2. The van der Waals surface area contributed by atoms with E-state index in [2.05, 4.69) is 10.1 Å². The molecule has 5 nitrogen and oxygen atoms in total. The van der Waals surface area contributed by atoms with Gasteiger partial charge in [-0.2, -0.15) is 0 Å². The molecule has 0 radical (unpaired) electrons. The topological polar surface area (TPSA) is 81.4 Å². The Morgan fingerprint density at radius 3 is 2.24 bits per heavy atom. The predicted molar refractivity (Wildman–Crippen MR) is 69.4 cm³/mol. The first kappa shape index (κ1) is 15.8. The van der Waals surface area contributed by atoms with Gasteiger partial charge in [0.25, 0.3) is 0 Å². The molecule has 0 fully saturated rings. The molecule has 0 spiro atoms. The molecule has 0 aliphatic carbocycles. The number of nitrogens with one attached hydrogen (secondary N) is 1. The summed E-state index contributed by atoms with van der Waals surface area (Å²) in [6, 6.07) is -0.670. The Morgan fingerprint density at radius 2 is 1.94 bits per heavy atom. The fourth-order valence-corrected chi connectivity index (χ4v) is 1.67. The van der Waals surface area contributed by atoms with Crippen LogP contribution in [0.2, 0.25) is 0 Å². The first-order valence-electron chi connectivity index (χ1n) is 5.52. The molecule has 0 aliphatic heterocycles. The van der Waals surface area contributed by atoms with Crippen LogP contribution in [0.3, 0.4) is 0 Å². The van der Waals surface area contributed by atoms with Crippen molar-refractivity contribution in [2.24, 2.45) is 17.6 Å². The van der Waals surface area contributed by atoms with E-state index in [-0.39, 0.29) is 16.8 Å². The second-order valence-electron chi connectivity index (χ2n) is 4.12. The second-order valence-corrected chi connectivity index (χ2v) is 4.59. The molecular weight excluding hydrogens is 240 g/mol. The van der Waals surface area contributed by atoms with Crippen molar-refractivity contribution in [3.05, 3.63) is 0 Å². The molecule has 0 saturated heterocycles. The zero-order valence-corrected chi connectivity index (χ0v) is 11.5. The minimum atomic E-state index is -0.670. The molecule has 3 N–H and O–H groups in total. The summed E-state index contributed by atoms with van der Waals surface area (Å²) in [4.78, 5) is 23.5. The fraction of sp³-hybridized carbons (Fsp3) is 0.727. The maximum absolute atomic E-state index is 11.9. The van der Waals surface area contributed by atoms with Gasteiger partial charge in [-0.3, -0.25) is 4.79 Å². The molecule has 0 bridgehead atoms. The van der Waals surface area contributed by atoms with Gasteiger partial charge in [0.1, 0.15) is 6.04 Å². The highest BCUT2D eigenvalue weighted by molar-refractivity contribution is 7.80. The zero-order valence-electron chi connectivity index (χ0n) is 10.6. The van der Waals surface area contributed by atoms with E-state index in [1.807, 2.05) is 20.8 Å². The van der Waals surface area contributed by atoms with Crippen LogP contribution >= 0.6 is 12.2 Å². The van der Waals surface area contributed by atoms with Crippen LogP contribution in [0.5, 0.6) is 0 Å². The first-order valence-corrected chi connectivity index (χ1v) is 5.93. The molecule has 0 aromatic rings. The molecule has 0 aromatic heterocycles. The molecular formula is C11H20N2O3S. The lowest BCUT2D eigenvalue weighted by Crippen LogP contribution is -2.49. The van der Waals surface area contributed by atoms with Crippen molar-refractivity contribution < 1.29 is 14.3 Å². The number of methoxy groups -OCH3 is 1. The normalized spacial score (nSPS) is 13.9.